The molecule has 4 nitrogen and oxygen atoms in total. The Morgan fingerprint density at radius 1 is 0.658 bits per heavy atom. The first kappa shape index (κ1) is 22.1. The number of hydrogen-bond donors (Lipinski definition) is 0. The molecule has 0 unspecified atom stereocenters. The van der Waals surface area contributed by atoms with Crippen molar-refractivity contribution in [2.75, 3.05) is 0 Å². The number of ether oxygens (including phenoxy) is 1. The fourth-order valence-corrected chi connectivity index (χ4v) is 5.16. The molecule has 0 atom stereocenters. The van der Waals surface area contributed by atoms with Crippen LogP contribution in [0.5, 0.6) is 5.75 Å². The van der Waals surface area contributed by atoms with Crippen LogP contribution in [0, 0.1) is 6.92 Å². The van der Waals surface area contributed by atoms with E-state index in [2.05, 4.69) is 6.58 Å². The molecule has 4 heteroatoms. The van der Waals surface area contributed by atoms with Crippen LogP contribution in [0.3, 0.4) is 0 Å². The molecule has 182 valence electrons. The van der Waals surface area contributed by atoms with Crippen molar-refractivity contribution in [3.8, 4) is 16.9 Å². The van der Waals surface area contributed by atoms with Crippen molar-refractivity contribution < 1.29 is 18.4 Å². The van der Waals surface area contributed by atoms with E-state index in [0.717, 1.165) is 55.0 Å². The van der Waals surface area contributed by atoms with Crippen LogP contribution in [0.2, 0.25) is 0 Å². The van der Waals surface area contributed by atoms with Gasteiger partial charge >= 0.3 is 5.97 Å². The van der Waals surface area contributed by atoms with Gasteiger partial charge in [-0.2, -0.15) is 0 Å². The second-order valence-corrected chi connectivity index (χ2v) is 9.43. The Hall–Kier alpha value is -5.09. The van der Waals surface area contributed by atoms with Crippen LogP contribution in [0.1, 0.15) is 11.1 Å². The third kappa shape index (κ3) is 3.42. The molecule has 2 heterocycles. The second-order valence-electron chi connectivity index (χ2n) is 9.43. The Labute approximate surface area is 218 Å². The molecule has 7 rings (SSSR count). The summed E-state index contributed by atoms with van der Waals surface area (Å²) in [6.45, 7) is 6.10. The van der Waals surface area contributed by atoms with Gasteiger partial charge in [-0.05, 0) is 31.2 Å². The van der Waals surface area contributed by atoms with Crippen LogP contribution >= 0.6 is 0 Å². The minimum absolute atomic E-state index is 0.225. The third-order valence-corrected chi connectivity index (χ3v) is 7.01. The average molecular weight is 495 g/mol. The van der Waals surface area contributed by atoms with Gasteiger partial charge in [0.2, 0.25) is 0 Å². The monoisotopic (exact) mass is 494 g/mol. The van der Waals surface area contributed by atoms with Gasteiger partial charge in [-0.15, -0.1) is 0 Å². The zero-order chi connectivity index (χ0) is 25.8. The number of carbonyl (C=O) groups is 1. The summed E-state index contributed by atoms with van der Waals surface area (Å²) in [6.07, 6.45) is 0. The molecular weight excluding hydrogens is 472 g/mol. The van der Waals surface area contributed by atoms with Gasteiger partial charge in [0.05, 0.1) is 5.57 Å². The highest BCUT2D eigenvalue weighted by Crippen LogP contribution is 2.40. The number of esters is 1. The normalized spacial score (nSPS) is 11.5. The fraction of sp³-hybridized carbons (Fsp3) is 0.0294. The van der Waals surface area contributed by atoms with Crippen LogP contribution in [0.25, 0.3) is 60.6 Å². The van der Waals surface area contributed by atoms with E-state index in [1.807, 2.05) is 110 Å². The Balaban J connectivity index is 1.30. The molecule has 0 saturated carbocycles. The second kappa shape index (κ2) is 8.49. The predicted octanol–water partition coefficient (Wildman–Crippen LogP) is 9.08. The van der Waals surface area contributed by atoms with E-state index in [-0.39, 0.29) is 5.57 Å². The SMILES string of the molecule is C=C(C(=O)Oc1ccc(C)cc1-c1cccc2c1oc1ccccc12)c1cccc2c1oc1ccccc12. The van der Waals surface area contributed by atoms with Gasteiger partial charge in [0.15, 0.2) is 0 Å². The minimum atomic E-state index is -0.542. The molecule has 0 bridgehead atoms. The number of fused-ring (bicyclic) bond motifs is 6. The molecule has 5 aromatic carbocycles. The van der Waals surface area contributed by atoms with Crippen molar-refractivity contribution in [2.24, 2.45) is 0 Å². The molecule has 0 N–H and O–H groups in total. The minimum Gasteiger partial charge on any atom is -0.455 e. The lowest BCUT2D eigenvalue weighted by molar-refractivity contribution is -0.127. The Kier molecular flexibility index (Phi) is 4.95. The molecule has 7 aromatic rings. The number of aryl methyl sites for hydroxylation is 1. The highest BCUT2D eigenvalue weighted by Gasteiger charge is 2.21. The van der Waals surface area contributed by atoms with E-state index >= 15 is 0 Å². The summed E-state index contributed by atoms with van der Waals surface area (Å²) in [7, 11) is 0. The average Bonchev–Trinajstić information content (AvgIpc) is 3.52. The zero-order valence-electron chi connectivity index (χ0n) is 20.7. The number of hydrogen-bond acceptors (Lipinski definition) is 4. The van der Waals surface area contributed by atoms with Crippen molar-refractivity contribution in [3.63, 3.8) is 0 Å². The van der Waals surface area contributed by atoms with Crippen LogP contribution < -0.4 is 4.74 Å². The summed E-state index contributed by atoms with van der Waals surface area (Å²) < 4.78 is 18.4. The molecule has 0 fully saturated rings. The molecule has 0 aliphatic rings. The molecule has 38 heavy (non-hydrogen) atoms. The third-order valence-electron chi connectivity index (χ3n) is 7.01. The smallest absolute Gasteiger partial charge is 0.343 e. The quantitative estimate of drug-likeness (QED) is 0.139. The molecular formula is C34H22O4. The first-order valence-electron chi connectivity index (χ1n) is 12.4. The number of rotatable bonds is 4. The van der Waals surface area contributed by atoms with Gasteiger partial charge in [-0.1, -0.05) is 91.0 Å². The van der Waals surface area contributed by atoms with E-state index in [4.69, 9.17) is 13.6 Å². The first-order chi connectivity index (χ1) is 18.6. The Bertz CT molecular complexity index is 2050. The van der Waals surface area contributed by atoms with Gasteiger partial charge in [0.25, 0.3) is 0 Å². The van der Waals surface area contributed by atoms with Gasteiger partial charge in [-0.25, -0.2) is 4.79 Å². The first-order valence-corrected chi connectivity index (χ1v) is 12.4. The van der Waals surface area contributed by atoms with Crippen molar-refractivity contribution in [2.45, 2.75) is 6.92 Å². The summed E-state index contributed by atoms with van der Waals surface area (Å²) in [5.74, 6) is -0.105. The van der Waals surface area contributed by atoms with Crippen LogP contribution in [-0.2, 0) is 4.79 Å². The van der Waals surface area contributed by atoms with Crippen molar-refractivity contribution in [1.82, 2.24) is 0 Å². The van der Waals surface area contributed by atoms with Gasteiger partial charge in [0, 0.05) is 38.2 Å². The number of benzene rings is 5. The highest BCUT2D eigenvalue weighted by atomic mass is 16.5. The van der Waals surface area contributed by atoms with E-state index in [1.165, 1.54) is 0 Å². The van der Waals surface area contributed by atoms with Gasteiger partial charge in [-0.3, -0.25) is 0 Å². The highest BCUT2D eigenvalue weighted by molar-refractivity contribution is 6.21. The fourth-order valence-electron chi connectivity index (χ4n) is 5.16. The van der Waals surface area contributed by atoms with Crippen molar-refractivity contribution in [3.05, 3.63) is 121 Å². The molecule has 0 radical (unpaired) electrons. The number of carbonyl (C=O) groups excluding carboxylic acids is 1. The summed E-state index contributed by atoms with van der Waals surface area (Å²) in [5, 5.41) is 3.98. The standard InChI is InChI=1S/C34H22O4/c1-20-17-18-31(28(19-20)27-14-8-13-26-24-10-4-6-16-30(24)37-33(26)27)38-34(35)21(2)22-11-7-12-25-23-9-3-5-15-29(23)36-32(22)25/h3-19H,2H2,1H3. The van der Waals surface area contributed by atoms with Gasteiger partial charge in [0.1, 0.15) is 28.1 Å². The number of furan rings is 2. The molecule has 2 aromatic heterocycles. The Morgan fingerprint density at radius 3 is 2.00 bits per heavy atom. The van der Waals surface area contributed by atoms with Crippen LogP contribution in [0.15, 0.2) is 119 Å². The maximum atomic E-state index is 13.5. The summed E-state index contributed by atoms with van der Waals surface area (Å²) in [6, 6.07) is 33.3. The maximum absolute atomic E-state index is 13.5. The van der Waals surface area contributed by atoms with E-state index < -0.39 is 5.97 Å². The van der Waals surface area contributed by atoms with E-state index in [1.54, 1.807) is 0 Å². The number of para-hydroxylation sites is 4. The van der Waals surface area contributed by atoms with Gasteiger partial charge < -0.3 is 13.6 Å². The zero-order valence-corrected chi connectivity index (χ0v) is 20.7. The van der Waals surface area contributed by atoms with Crippen molar-refractivity contribution in [1.29, 1.82) is 0 Å². The summed E-state index contributed by atoms with van der Waals surface area (Å²) in [5.41, 5.74) is 6.45. The maximum Gasteiger partial charge on any atom is 0.343 e. The van der Waals surface area contributed by atoms with Crippen molar-refractivity contribution >= 4 is 55.4 Å². The summed E-state index contributed by atoms with van der Waals surface area (Å²) in [4.78, 5) is 13.5. The lowest BCUT2D eigenvalue weighted by Crippen LogP contribution is -2.10. The lowest BCUT2D eigenvalue weighted by Gasteiger charge is -2.13. The lowest BCUT2D eigenvalue weighted by atomic mass is 9.99. The van der Waals surface area contributed by atoms with E-state index in [0.29, 0.717) is 16.9 Å². The molecule has 0 aliphatic heterocycles. The van der Waals surface area contributed by atoms with E-state index in [9.17, 15) is 4.79 Å². The summed E-state index contributed by atoms with van der Waals surface area (Å²) >= 11 is 0. The van der Waals surface area contributed by atoms with Crippen LogP contribution in [0.4, 0.5) is 0 Å². The molecule has 0 spiro atoms. The largest absolute Gasteiger partial charge is 0.455 e. The molecule has 0 aliphatic carbocycles. The predicted molar refractivity (Wildman–Crippen MR) is 152 cm³/mol. The molecule has 0 amide bonds. The topological polar surface area (TPSA) is 52.6 Å². The van der Waals surface area contributed by atoms with Crippen LogP contribution in [-0.4, -0.2) is 5.97 Å². The molecule has 0 saturated heterocycles. The Morgan fingerprint density at radius 2 is 1.26 bits per heavy atom.